The Bertz CT molecular complexity index is 337. The Morgan fingerprint density at radius 3 is 3.07 bits per heavy atom. The number of rotatable bonds is 2. The summed E-state index contributed by atoms with van der Waals surface area (Å²) < 4.78 is 0. The summed E-state index contributed by atoms with van der Waals surface area (Å²) >= 11 is 1.68. The molecule has 0 fully saturated rings. The second-order valence-electron chi connectivity index (χ2n) is 3.25. The predicted octanol–water partition coefficient (Wildman–Crippen LogP) is 1.51. The van der Waals surface area contributed by atoms with Crippen LogP contribution >= 0.6 is 35.3 Å². The number of nitrogens with one attached hydrogen (secondary N) is 2. The molecule has 0 saturated carbocycles. The molecule has 1 aliphatic rings. The van der Waals surface area contributed by atoms with Crippen LogP contribution in [0.15, 0.2) is 10.4 Å². The molecule has 0 unspecified atom stereocenters. The number of hydrogen-bond acceptors (Lipinski definition) is 5. The first-order valence-corrected chi connectivity index (χ1v) is 5.66. The van der Waals surface area contributed by atoms with Gasteiger partial charge in [-0.05, 0) is 13.3 Å². The lowest BCUT2D eigenvalue weighted by molar-refractivity contribution is 0.701. The molecule has 2 N–H and O–H groups in total. The summed E-state index contributed by atoms with van der Waals surface area (Å²) in [6.07, 6.45) is 1.13. The Balaban J connectivity index is 0.00000112. The maximum atomic E-state index is 4.37. The Morgan fingerprint density at radius 2 is 2.47 bits per heavy atom. The van der Waals surface area contributed by atoms with Crippen LogP contribution in [0.3, 0.4) is 0 Å². The Labute approximate surface area is 111 Å². The molecule has 4 nitrogen and oxygen atoms in total. The third kappa shape index (κ3) is 3.94. The van der Waals surface area contributed by atoms with Crippen LogP contribution in [0.5, 0.6) is 0 Å². The van der Waals surface area contributed by atoms with Gasteiger partial charge in [-0.25, -0.2) is 4.98 Å². The third-order valence-corrected chi connectivity index (χ3v) is 2.94. The van der Waals surface area contributed by atoms with E-state index in [0.29, 0.717) is 0 Å². The quantitative estimate of drug-likeness (QED) is 0.804. The zero-order valence-corrected chi connectivity index (χ0v) is 11.8. The molecule has 6 heteroatoms. The van der Waals surface area contributed by atoms with Crippen molar-refractivity contribution in [2.24, 2.45) is 4.99 Å². The molecule has 2 heterocycles. The van der Waals surface area contributed by atoms with E-state index in [0.717, 1.165) is 42.7 Å². The first-order chi connectivity index (χ1) is 6.84. The summed E-state index contributed by atoms with van der Waals surface area (Å²) in [5, 5.41) is 9.62. The van der Waals surface area contributed by atoms with Crippen LogP contribution in [0.2, 0.25) is 0 Å². The van der Waals surface area contributed by atoms with Gasteiger partial charge in [-0.2, -0.15) is 0 Å². The van der Waals surface area contributed by atoms with Crippen LogP contribution in [0.25, 0.3) is 0 Å². The fraction of sp³-hybridized carbons (Fsp3) is 0.556. The van der Waals surface area contributed by atoms with Crippen LogP contribution in [-0.4, -0.2) is 24.0 Å². The number of thiazole rings is 1. The average Bonchev–Trinajstić information content (AvgIpc) is 2.63. The highest BCUT2D eigenvalue weighted by Crippen LogP contribution is 2.07. The molecular formula is C9H15IN4S. The van der Waals surface area contributed by atoms with Crippen molar-refractivity contribution in [3.05, 3.63) is 16.1 Å². The molecule has 0 bridgehead atoms. The molecule has 0 atom stereocenters. The van der Waals surface area contributed by atoms with Gasteiger partial charge in [0.15, 0.2) is 5.96 Å². The van der Waals surface area contributed by atoms with Crippen molar-refractivity contribution in [3.63, 3.8) is 0 Å². The fourth-order valence-electron chi connectivity index (χ4n) is 1.29. The van der Waals surface area contributed by atoms with E-state index >= 15 is 0 Å². The van der Waals surface area contributed by atoms with Gasteiger partial charge in [-0.15, -0.1) is 35.3 Å². The number of guanidine groups is 1. The SMILES string of the molecule is Cc1csc(CNC2=NCCCN2)n1.I. The number of aryl methyl sites for hydroxylation is 1. The lowest BCUT2D eigenvalue weighted by atomic mass is 10.4. The molecule has 0 aromatic carbocycles. The number of halogens is 1. The molecule has 0 saturated heterocycles. The number of hydrogen-bond donors (Lipinski definition) is 2. The minimum Gasteiger partial charge on any atom is -0.356 e. The van der Waals surface area contributed by atoms with Crippen molar-refractivity contribution in [1.82, 2.24) is 15.6 Å². The van der Waals surface area contributed by atoms with Crippen LogP contribution < -0.4 is 10.6 Å². The van der Waals surface area contributed by atoms with Crippen molar-refractivity contribution in [1.29, 1.82) is 0 Å². The van der Waals surface area contributed by atoms with Crippen LogP contribution in [0, 0.1) is 6.92 Å². The standard InChI is InChI=1S/C9H14N4S.HI/c1-7-6-14-8(13-7)5-12-9-10-3-2-4-11-9;/h6H,2-5H2,1H3,(H2,10,11,12);1H. The van der Waals surface area contributed by atoms with Crippen LogP contribution in [0.4, 0.5) is 0 Å². The zero-order chi connectivity index (χ0) is 9.80. The van der Waals surface area contributed by atoms with Crippen LogP contribution in [-0.2, 0) is 6.54 Å². The zero-order valence-electron chi connectivity index (χ0n) is 8.62. The van der Waals surface area contributed by atoms with Crippen molar-refractivity contribution in [2.45, 2.75) is 19.9 Å². The first kappa shape index (κ1) is 12.7. The molecule has 15 heavy (non-hydrogen) atoms. The van der Waals surface area contributed by atoms with Gasteiger partial charge in [0, 0.05) is 24.2 Å². The summed E-state index contributed by atoms with van der Waals surface area (Å²) in [7, 11) is 0. The van der Waals surface area contributed by atoms with Gasteiger partial charge in [-0.1, -0.05) is 0 Å². The second-order valence-corrected chi connectivity index (χ2v) is 4.19. The molecule has 0 spiro atoms. The maximum Gasteiger partial charge on any atom is 0.191 e. The minimum atomic E-state index is 0. The summed E-state index contributed by atoms with van der Waals surface area (Å²) in [5.41, 5.74) is 1.09. The topological polar surface area (TPSA) is 49.3 Å². The molecule has 1 aliphatic heterocycles. The van der Waals surface area contributed by atoms with Gasteiger partial charge in [0.25, 0.3) is 0 Å². The van der Waals surface area contributed by atoms with Crippen molar-refractivity contribution in [2.75, 3.05) is 13.1 Å². The molecule has 2 rings (SSSR count). The van der Waals surface area contributed by atoms with E-state index in [1.165, 1.54) is 0 Å². The van der Waals surface area contributed by atoms with Crippen molar-refractivity contribution < 1.29 is 0 Å². The highest BCUT2D eigenvalue weighted by molar-refractivity contribution is 14.0. The number of nitrogens with zero attached hydrogens (tertiary/aromatic N) is 2. The van der Waals surface area contributed by atoms with E-state index in [9.17, 15) is 0 Å². The van der Waals surface area contributed by atoms with Gasteiger partial charge >= 0.3 is 0 Å². The molecular weight excluding hydrogens is 323 g/mol. The summed E-state index contributed by atoms with van der Waals surface area (Å²) in [6, 6.07) is 0. The van der Waals surface area contributed by atoms with E-state index in [4.69, 9.17) is 0 Å². The number of aromatic nitrogens is 1. The molecule has 1 aromatic rings. The maximum absolute atomic E-state index is 4.37. The van der Waals surface area contributed by atoms with Crippen molar-refractivity contribution >= 4 is 41.3 Å². The third-order valence-electron chi connectivity index (χ3n) is 1.97. The van der Waals surface area contributed by atoms with Crippen molar-refractivity contribution in [3.8, 4) is 0 Å². The van der Waals surface area contributed by atoms with E-state index < -0.39 is 0 Å². The average molecular weight is 338 g/mol. The Morgan fingerprint density at radius 1 is 1.60 bits per heavy atom. The van der Waals surface area contributed by atoms with Gasteiger partial charge in [0.2, 0.25) is 0 Å². The molecule has 0 aliphatic carbocycles. The predicted molar refractivity (Wildman–Crippen MR) is 74.0 cm³/mol. The van der Waals surface area contributed by atoms with E-state index in [2.05, 4.69) is 26.0 Å². The van der Waals surface area contributed by atoms with Gasteiger partial charge in [0.1, 0.15) is 5.01 Å². The van der Waals surface area contributed by atoms with E-state index in [-0.39, 0.29) is 24.0 Å². The highest BCUT2D eigenvalue weighted by atomic mass is 127. The summed E-state index contributed by atoms with van der Waals surface area (Å²) in [6.45, 7) is 4.72. The number of aliphatic imine (C=N–C) groups is 1. The first-order valence-electron chi connectivity index (χ1n) is 4.78. The van der Waals surface area contributed by atoms with Gasteiger partial charge in [0.05, 0.1) is 6.54 Å². The molecule has 1 aromatic heterocycles. The summed E-state index contributed by atoms with van der Waals surface area (Å²) in [4.78, 5) is 8.69. The fourth-order valence-corrected chi connectivity index (χ4v) is 2.01. The van der Waals surface area contributed by atoms with Crippen LogP contribution in [0.1, 0.15) is 17.1 Å². The monoisotopic (exact) mass is 338 g/mol. The summed E-state index contributed by atoms with van der Waals surface area (Å²) in [5.74, 6) is 0.907. The molecule has 0 radical (unpaired) electrons. The largest absolute Gasteiger partial charge is 0.356 e. The van der Waals surface area contributed by atoms with E-state index in [1.54, 1.807) is 11.3 Å². The molecule has 0 amide bonds. The smallest absolute Gasteiger partial charge is 0.191 e. The Hall–Kier alpha value is -0.370. The second kappa shape index (κ2) is 6.26. The van der Waals surface area contributed by atoms with E-state index in [1.807, 2.05) is 6.92 Å². The minimum absolute atomic E-state index is 0. The lowest BCUT2D eigenvalue weighted by Gasteiger charge is -2.14. The lowest BCUT2D eigenvalue weighted by Crippen LogP contribution is -2.40. The van der Waals surface area contributed by atoms with Gasteiger partial charge in [-0.3, -0.25) is 4.99 Å². The highest BCUT2D eigenvalue weighted by Gasteiger charge is 2.04. The Kier molecular flexibility index (Phi) is 5.30. The molecule has 84 valence electrons. The normalized spacial score (nSPS) is 14.9. The van der Waals surface area contributed by atoms with Gasteiger partial charge < -0.3 is 10.6 Å².